The first-order chi connectivity index (χ1) is 10.3. The fraction of sp³-hybridized carbons (Fsp3) is 0. The Balaban J connectivity index is 1.95. The molecule has 0 amide bonds. The topological polar surface area (TPSA) is 90.4 Å². The minimum absolute atomic E-state index is 0.0823. The summed E-state index contributed by atoms with van der Waals surface area (Å²) < 4.78 is 0. The van der Waals surface area contributed by atoms with Gasteiger partial charge >= 0.3 is 0 Å². The van der Waals surface area contributed by atoms with E-state index < -0.39 is 5.56 Å². The largest absolute Gasteiger partial charge is 0.506 e. The number of aromatic amines is 1. The minimum atomic E-state index is -0.447. The molecule has 6 nitrogen and oxygen atoms in total. The third-order valence-corrected chi connectivity index (χ3v) is 2.96. The number of aromatic nitrogens is 2. The lowest BCUT2D eigenvalue weighted by molar-refractivity contribution is 0.479. The molecule has 0 unspecified atom stereocenters. The number of hydrogen-bond acceptors (Lipinski definition) is 5. The molecule has 0 aliphatic rings. The van der Waals surface area contributed by atoms with Crippen LogP contribution in [-0.4, -0.2) is 21.3 Å². The minimum Gasteiger partial charge on any atom is -0.506 e. The summed E-state index contributed by atoms with van der Waals surface area (Å²) in [6.07, 6.45) is 2.83. The van der Waals surface area contributed by atoms with Gasteiger partial charge in [0.15, 0.2) is 0 Å². The van der Waals surface area contributed by atoms with Gasteiger partial charge in [-0.2, -0.15) is 5.10 Å². The van der Waals surface area contributed by atoms with Crippen molar-refractivity contribution in [3.05, 3.63) is 64.6 Å². The number of rotatable bonds is 3. The number of nitrogens with zero attached hydrogens (tertiary/aromatic N) is 2. The van der Waals surface area contributed by atoms with E-state index in [4.69, 9.17) is 0 Å². The molecule has 21 heavy (non-hydrogen) atoms. The summed E-state index contributed by atoms with van der Waals surface area (Å²) in [4.78, 5) is 18.5. The van der Waals surface area contributed by atoms with Crippen LogP contribution in [0, 0.1) is 0 Å². The number of pyridine rings is 2. The normalized spacial score (nSPS) is 11.0. The predicted molar refractivity (Wildman–Crippen MR) is 81.7 cm³/mol. The summed E-state index contributed by atoms with van der Waals surface area (Å²) in [6.45, 7) is 0. The molecular formula is C15H12N4O2. The van der Waals surface area contributed by atoms with E-state index in [-0.39, 0.29) is 11.3 Å². The van der Waals surface area contributed by atoms with Gasteiger partial charge in [-0.25, -0.2) is 4.98 Å². The number of nitrogens with one attached hydrogen (secondary N) is 2. The maximum atomic E-state index is 11.9. The van der Waals surface area contributed by atoms with Crippen molar-refractivity contribution in [3.8, 4) is 5.75 Å². The van der Waals surface area contributed by atoms with E-state index >= 15 is 0 Å². The molecule has 0 spiro atoms. The Bertz CT molecular complexity index is 856. The van der Waals surface area contributed by atoms with Crippen molar-refractivity contribution in [1.82, 2.24) is 9.97 Å². The van der Waals surface area contributed by atoms with Gasteiger partial charge in [0, 0.05) is 6.20 Å². The van der Waals surface area contributed by atoms with Crippen LogP contribution in [0.2, 0.25) is 0 Å². The van der Waals surface area contributed by atoms with Gasteiger partial charge in [-0.15, -0.1) is 0 Å². The van der Waals surface area contributed by atoms with Gasteiger partial charge in [0.05, 0.1) is 17.3 Å². The van der Waals surface area contributed by atoms with Crippen LogP contribution in [0.25, 0.3) is 11.0 Å². The van der Waals surface area contributed by atoms with Gasteiger partial charge in [0.2, 0.25) is 0 Å². The second kappa shape index (κ2) is 5.46. The lowest BCUT2D eigenvalue weighted by Gasteiger charge is -2.03. The summed E-state index contributed by atoms with van der Waals surface area (Å²) in [5.74, 6) is -0.138. The number of H-pyrrole nitrogens is 1. The van der Waals surface area contributed by atoms with Crippen molar-refractivity contribution in [2.75, 3.05) is 5.43 Å². The number of hydrogen-bond donors (Lipinski definition) is 3. The predicted octanol–water partition coefficient (Wildman–Crippen LogP) is 2.07. The molecule has 3 rings (SSSR count). The third-order valence-electron chi connectivity index (χ3n) is 2.96. The first-order valence-corrected chi connectivity index (χ1v) is 6.30. The Morgan fingerprint density at radius 1 is 1.19 bits per heavy atom. The lowest BCUT2D eigenvalue weighted by atomic mass is 10.2. The Kier molecular flexibility index (Phi) is 3.34. The molecule has 104 valence electrons. The smallest absolute Gasteiger partial charge is 0.262 e. The zero-order valence-corrected chi connectivity index (χ0v) is 10.9. The standard InChI is InChI=1S/C15H12N4O2/c20-13-11-7-4-8-16-14(11)18-15(21)12(13)9-17-19-10-5-2-1-3-6-10/h1-9,19H,(H2,16,18,20,21). The second-order valence-electron chi connectivity index (χ2n) is 4.35. The Morgan fingerprint density at radius 2 is 2.00 bits per heavy atom. The van der Waals surface area contributed by atoms with Gasteiger partial charge in [-0.1, -0.05) is 18.2 Å². The van der Waals surface area contributed by atoms with Crippen LogP contribution in [0.3, 0.4) is 0 Å². The van der Waals surface area contributed by atoms with E-state index in [2.05, 4.69) is 20.5 Å². The monoisotopic (exact) mass is 280 g/mol. The molecule has 6 heteroatoms. The summed E-state index contributed by atoms with van der Waals surface area (Å²) in [6, 6.07) is 12.7. The molecule has 2 heterocycles. The van der Waals surface area contributed by atoms with E-state index in [1.165, 1.54) is 6.21 Å². The molecule has 0 saturated heterocycles. The first-order valence-electron chi connectivity index (χ1n) is 6.30. The molecular weight excluding hydrogens is 268 g/mol. The average Bonchev–Trinajstić information content (AvgIpc) is 2.51. The summed E-state index contributed by atoms with van der Waals surface area (Å²) in [5.41, 5.74) is 3.55. The molecule has 0 fully saturated rings. The Labute approximate surface area is 119 Å². The SMILES string of the molecule is O=c1[nH]c2ncccc2c(O)c1C=NNc1ccccc1. The summed E-state index contributed by atoms with van der Waals surface area (Å²) in [7, 11) is 0. The van der Waals surface area contributed by atoms with Crippen LogP contribution in [0.4, 0.5) is 5.69 Å². The van der Waals surface area contributed by atoms with Crippen LogP contribution in [0.1, 0.15) is 5.56 Å². The van der Waals surface area contributed by atoms with E-state index in [1.807, 2.05) is 30.3 Å². The van der Waals surface area contributed by atoms with Crippen LogP contribution in [-0.2, 0) is 0 Å². The van der Waals surface area contributed by atoms with Crippen LogP contribution < -0.4 is 11.0 Å². The molecule has 0 atom stereocenters. The zero-order valence-electron chi connectivity index (χ0n) is 10.9. The second-order valence-corrected chi connectivity index (χ2v) is 4.35. The number of hydrazone groups is 1. The highest BCUT2D eigenvalue weighted by molar-refractivity contribution is 5.93. The fourth-order valence-corrected chi connectivity index (χ4v) is 1.93. The number of anilines is 1. The molecule has 0 aliphatic heterocycles. The van der Waals surface area contributed by atoms with Crippen molar-refractivity contribution < 1.29 is 5.11 Å². The first kappa shape index (κ1) is 12.9. The van der Waals surface area contributed by atoms with E-state index in [9.17, 15) is 9.90 Å². The third kappa shape index (κ3) is 2.59. The number of benzene rings is 1. The van der Waals surface area contributed by atoms with Gasteiger partial charge in [-0.05, 0) is 24.3 Å². The van der Waals surface area contributed by atoms with Crippen molar-refractivity contribution in [2.45, 2.75) is 0 Å². The molecule has 2 aromatic heterocycles. The maximum absolute atomic E-state index is 11.9. The van der Waals surface area contributed by atoms with Gasteiger partial charge in [0.25, 0.3) is 5.56 Å². The van der Waals surface area contributed by atoms with Crippen LogP contribution in [0.15, 0.2) is 58.6 Å². The van der Waals surface area contributed by atoms with Gasteiger partial charge in [0.1, 0.15) is 17.0 Å². The quantitative estimate of drug-likeness (QED) is 0.506. The van der Waals surface area contributed by atoms with E-state index in [0.29, 0.717) is 11.0 Å². The Morgan fingerprint density at radius 3 is 2.81 bits per heavy atom. The molecule has 1 aromatic carbocycles. The highest BCUT2D eigenvalue weighted by Crippen LogP contribution is 2.21. The van der Waals surface area contributed by atoms with Crippen molar-refractivity contribution in [2.24, 2.45) is 5.10 Å². The molecule has 0 radical (unpaired) electrons. The molecule has 3 N–H and O–H groups in total. The summed E-state index contributed by atoms with van der Waals surface area (Å²) >= 11 is 0. The van der Waals surface area contributed by atoms with E-state index in [0.717, 1.165) is 5.69 Å². The van der Waals surface area contributed by atoms with Crippen LogP contribution in [0.5, 0.6) is 5.75 Å². The summed E-state index contributed by atoms with van der Waals surface area (Å²) in [5, 5.41) is 14.6. The van der Waals surface area contributed by atoms with Crippen molar-refractivity contribution in [3.63, 3.8) is 0 Å². The number of para-hydroxylation sites is 1. The molecule has 0 saturated carbocycles. The van der Waals surface area contributed by atoms with Gasteiger partial charge < -0.3 is 10.1 Å². The molecule has 3 aromatic rings. The average molecular weight is 280 g/mol. The van der Waals surface area contributed by atoms with Crippen molar-refractivity contribution >= 4 is 22.9 Å². The highest BCUT2D eigenvalue weighted by atomic mass is 16.3. The zero-order chi connectivity index (χ0) is 14.7. The highest BCUT2D eigenvalue weighted by Gasteiger charge is 2.10. The molecule has 0 aliphatic carbocycles. The van der Waals surface area contributed by atoms with E-state index in [1.54, 1.807) is 18.3 Å². The maximum Gasteiger partial charge on any atom is 0.262 e. The fourth-order valence-electron chi connectivity index (χ4n) is 1.93. The molecule has 0 bridgehead atoms. The number of aromatic hydroxyl groups is 1. The number of fused-ring (bicyclic) bond motifs is 1. The van der Waals surface area contributed by atoms with Crippen molar-refractivity contribution in [1.29, 1.82) is 0 Å². The lowest BCUT2D eigenvalue weighted by Crippen LogP contribution is -2.13. The van der Waals surface area contributed by atoms with Crippen LogP contribution >= 0.6 is 0 Å². The Hall–Kier alpha value is -3.15. The van der Waals surface area contributed by atoms with Gasteiger partial charge in [-0.3, -0.25) is 10.2 Å².